The van der Waals surface area contributed by atoms with Crippen molar-refractivity contribution in [1.29, 1.82) is 0 Å². The predicted octanol–water partition coefficient (Wildman–Crippen LogP) is 4.97. The molecule has 1 atom stereocenters. The number of unbranched alkanes of at least 4 members (excludes halogenated alkanes) is 1. The smallest absolute Gasteiger partial charge is 0.0454 e. The highest BCUT2D eigenvalue weighted by atomic mass is 35.5. The molecular formula is C15H24Cl4N2. The summed E-state index contributed by atoms with van der Waals surface area (Å²) in [5.41, 5.74) is 1.18. The van der Waals surface area contributed by atoms with Gasteiger partial charge >= 0.3 is 0 Å². The van der Waals surface area contributed by atoms with Crippen molar-refractivity contribution in [1.82, 2.24) is 10.2 Å². The first-order valence-electron chi connectivity index (χ1n) is 7.12. The van der Waals surface area contributed by atoms with Crippen LogP contribution in [-0.2, 0) is 0 Å². The van der Waals surface area contributed by atoms with Crippen molar-refractivity contribution < 1.29 is 0 Å². The highest BCUT2D eigenvalue weighted by Crippen LogP contribution is 2.33. The third-order valence-electron chi connectivity index (χ3n) is 3.74. The van der Waals surface area contributed by atoms with Gasteiger partial charge in [-0.3, -0.25) is 4.90 Å². The van der Waals surface area contributed by atoms with Crippen LogP contribution in [0.25, 0.3) is 0 Å². The van der Waals surface area contributed by atoms with Crippen LogP contribution in [0.5, 0.6) is 0 Å². The van der Waals surface area contributed by atoms with Gasteiger partial charge in [-0.1, -0.05) is 43.0 Å². The Balaban J connectivity index is 0.00000200. The Hall–Kier alpha value is 0.300. The van der Waals surface area contributed by atoms with Crippen molar-refractivity contribution in [3.63, 3.8) is 0 Å². The molecule has 0 radical (unpaired) electrons. The average Bonchev–Trinajstić information content (AvgIpc) is 2.44. The largest absolute Gasteiger partial charge is 0.314 e. The van der Waals surface area contributed by atoms with Crippen molar-refractivity contribution in [3.05, 3.63) is 33.8 Å². The molecule has 0 unspecified atom stereocenters. The van der Waals surface area contributed by atoms with Gasteiger partial charge in [0, 0.05) is 42.3 Å². The van der Waals surface area contributed by atoms with Crippen molar-refractivity contribution in [3.8, 4) is 0 Å². The summed E-state index contributed by atoms with van der Waals surface area (Å²) < 4.78 is 0. The average molecular weight is 374 g/mol. The van der Waals surface area contributed by atoms with E-state index >= 15 is 0 Å². The second kappa shape index (κ2) is 10.9. The number of nitrogens with zero attached hydrogens (tertiary/aromatic N) is 1. The molecule has 0 saturated carbocycles. The van der Waals surface area contributed by atoms with E-state index in [4.69, 9.17) is 23.2 Å². The van der Waals surface area contributed by atoms with E-state index in [0.29, 0.717) is 6.04 Å². The molecule has 0 amide bonds. The monoisotopic (exact) mass is 372 g/mol. The quantitative estimate of drug-likeness (QED) is 0.783. The number of rotatable bonds is 5. The summed E-state index contributed by atoms with van der Waals surface area (Å²) in [5, 5.41) is 5.01. The first kappa shape index (κ1) is 21.3. The molecule has 1 aromatic carbocycles. The summed E-state index contributed by atoms with van der Waals surface area (Å²) in [6.45, 7) is 6.50. The van der Waals surface area contributed by atoms with Crippen LogP contribution in [0.1, 0.15) is 37.8 Å². The number of halogens is 4. The van der Waals surface area contributed by atoms with E-state index in [0.717, 1.165) is 42.6 Å². The Morgan fingerprint density at radius 1 is 1.19 bits per heavy atom. The normalized spacial score (nSPS) is 16.7. The van der Waals surface area contributed by atoms with Gasteiger partial charge in [0.1, 0.15) is 0 Å². The van der Waals surface area contributed by atoms with Crippen LogP contribution in [0, 0.1) is 0 Å². The number of hydrogen-bond donors (Lipinski definition) is 1. The first-order valence-corrected chi connectivity index (χ1v) is 7.87. The lowest BCUT2D eigenvalue weighted by molar-refractivity contribution is 0.163. The van der Waals surface area contributed by atoms with Gasteiger partial charge < -0.3 is 5.32 Å². The topological polar surface area (TPSA) is 15.3 Å². The zero-order valence-electron chi connectivity index (χ0n) is 12.3. The molecule has 1 heterocycles. The lowest BCUT2D eigenvalue weighted by Gasteiger charge is -2.35. The molecule has 0 aromatic heterocycles. The standard InChI is InChI=1S/C15H22Cl2N2.2ClH/c1-2-3-4-15(19-9-7-18-8-10-19)13-11-12(16)5-6-14(13)17;;/h5-6,11,15,18H,2-4,7-10H2,1H3;2*1H/t15-;;/m1../s1. The zero-order chi connectivity index (χ0) is 13.7. The highest BCUT2D eigenvalue weighted by Gasteiger charge is 2.23. The first-order chi connectivity index (χ1) is 9.22. The Bertz CT molecular complexity index is 409. The number of piperazine rings is 1. The zero-order valence-corrected chi connectivity index (χ0v) is 15.4. The molecule has 1 aliphatic rings. The van der Waals surface area contributed by atoms with E-state index in [-0.39, 0.29) is 24.8 Å². The minimum atomic E-state index is 0. The Kier molecular flexibility index (Phi) is 11.1. The fraction of sp³-hybridized carbons (Fsp3) is 0.600. The fourth-order valence-corrected chi connectivity index (χ4v) is 3.12. The molecule has 122 valence electrons. The third-order valence-corrected chi connectivity index (χ3v) is 4.32. The summed E-state index contributed by atoms with van der Waals surface area (Å²) >= 11 is 12.5. The Morgan fingerprint density at radius 3 is 2.48 bits per heavy atom. The molecule has 2 nitrogen and oxygen atoms in total. The summed E-state index contributed by atoms with van der Waals surface area (Å²) in [7, 11) is 0. The van der Waals surface area contributed by atoms with Crippen LogP contribution in [0.2, 0.25) is 10.0 Å². The minimum Gasteiger partial charge on any atom is -0.314 e. The van der Waals surface area contributed by atoms with E-state index < -0.39 is 0 Å². The van der Waals surface area contributed by atoms with E-state index in [9.17, 15) is 0 Å². The van der Waals surface area contributed by atoms with Crippen molar-refractivity contribution in [2.24, 2.45) is 0 Å². The molecule has 0 aliphatic carbocycles. The number of hydrogen-bond acceptors (Lipinski definition) is 2. The maximum absolute atomic E-state index is 6.39. The molecule has 6 heteroatoms. The molecule has 2 rings (SSSR count). The number of benzene rings is 1. The SMILES string of the molecule is CCCC[C@H](c1cc(Cl)ccc1Cl)N1CCNCC1.Cl.Cl. The number of nitrogens with one attached hydrogen (secondary N) is 1. The van der Waals surface area contributed by atoms with Gasteiger partial charge in [-0.05, 0) is 30.2 Å². The van der Waals surface area contributed by atoms with E-state index in [2.05, 4.69) is 17.1 Å². The van der Waals surface area contributed by atoms with Gasteiger partial charge in [-0.25, -0.2) is 0 Å². The second-order valence-corrected chi connectivity index (χ2v) is 5.95. The van der Waals surface area contributed by atoms with Crippen molar-refractivity contribution in [2.75, 3.05) is 26.2 Å². The molecular weight excluding hydrogens is 350 g/mol. The van der Waals surface area contributed by atoms with Crippen LogP contribution in [0.15, 0.2) is 18.2 Å². The van der Waals surface area contributed by atoms with Gasteiger partial charge in [0.25, 0.3) is 0 Å². The summed E-state index contributed by atoms with van der Waals surface area (Å²) in [6, 6.07) is 6.21. The van der Waals surface area contributed by atoms with Gasteiger partial charge in [0.2, 0.25) is 0 Å². The Labute approximate surface area is 150 Å². The van der Waals surface area contributed by atoms with Crippen LogP contribution in [-0.4, -0.2) is 31.1 Å². The summed E-state index contributed by atoms with van der Waals surface area (Å²) in [4.78, 5) is 2.53. The molecule has 0 spiro atoms. The third kappa shape index (κ3) is 6.13. The molecule has 1 aliphatic heterocycles. The van der Waals surface area contributed by atoms with Crippen LogP contribution >= 0.6 is 48.0 Å². The van der Waals surface area contributed by atoms with Crippen LogP contribution in [0.3, 0.4) is 0 Å². The van der Waals surface area contributed by atoms with Crippen LogP contribution in [0.4, 0.5) is 0 Å². The van der Waals surface area contributed by atoms with E-state index in [1.165, 1.54) is 18.4 Å². The maximum atomic E-state index is 6.39. The Morgan fingerprint density at radius 2 is 1.86 bits per heavy atom. The van der Waals surface area contributed by atoms with Gasteiger partial charge in [0.15, 0.2) is 0 Å². The van der Waals surface area contributed by atoms with Crippen molar-refractivity contribution >= 4 is 48.0 Å². The van der Waals surface area contributed by atoms with Gasteiger partial charge in [-0.15, -0.1) is 24.8 Å². The summed E-state index contributed by atoms with van der Waals surface area (Å²) in [6.07, 6.45) is 3.58. The van der Waals surface area contributed by atoms with E-state index in [1.54, 1.807) is 0 Å². The molecule has 0 bridgehead atoms. The van der Waals surface area contributed by atoms with E-state index in [1.807, 2.05) is 18.2 Å². The van der Waals surface area contributed by atoms with Crippen molar-refractivity contribution in [2.45, 2.75) is 32.2 Å². The lowest BCUT2D eigenvalue weighted by Crippen LogP contribution is -2.45. The molecule has 1 fully saturated rings. The predicted molar refractivity (Wildman–Crippen MR) is 97.7 cm³/mol. The van der Waals surface area contributed by atoms with Gasteiger partial charge in [0.05, 0.1) is 0 Å². The molecule has 1 saturated heterocycles. The minimum absolute atomic E-state index is 0. The van der Waals surface area contributed by atoms with Crippen LogP contribution < -0.4 is 5.32 Å². The molecule has 1 aromatic rings. The molecule has 1 N–H and O–H groups in total. The maximum Gasteiger partial charge on any atom is 0.0454 e. The molecule has 21 heavy (non-hydrogen) atoms. The fourth-order valence-electron chi connectivity index (χ4n) is 2.70. The second-order valence-electron chi connectivity index (χ2n) is 5.11. The lowest BCUT2D eigenvalue weighted by atomic mass is 9.98. The summed E-state index contributed by atoms with van der Waals surface area (Å²) in [5.74, 6) is 0. The highest BCUT2D eigenvalue weighted by molar-refractivity contribution is 6.33. The van der Waals surface area contributed by atoms with Gasteiger partial charge in [-0.2, -0.15) is 0 Å².